The van der Waals surface area contributed by atoms with E-state index in [9.17, 15) is 4.79 Å². The maximum Gasteiger partial charge on any atom is 0.318 e. The molecule has 2 N–H and O–H groups in total. The number of nitrogens with one attached hydrogen (secondary N) is 2. The molecule has 3 heterocycles. The summed E-state index contributed by atoms with van der Waals surface area (Å²) in [4.78, 5) is 24.1. The molecule has 9 nitrogen and oxygen atoms in total. The SMILES string of the molecule is CC(C)n1cc(Nc2nccc(C3C=CC4=C(CCCCC4NC(=O)N4CC(OC(C)(C)C)C4)C3)n2)cn1. The van der Waals surface area contributed by atoms with Crippen LogP contribution in [0.1, 0.15) is 84.4 Å². The number of anilines is 2. The van der Waals surface area contributed by atoms with Gasteiger partial charge in [-0.3, -0.25) is 4.68 Å². The van der Waals surface area contributed by atoms with Gasteiger partial charge in [-0.25, -0.2) is 14.8 Å². The molecule has 0 saturated carbocycles. The lowest BCUT2D eigenvalue weighted by molar-refractivity contribution is -0.111. The van der Waals surface area contributed by atoms with E-state index in [1.165, 1.54) is 11.1 Å². The van der Waals surface area contributed by atoms with Crippen LogP contribution in [0.15, 0.2) is 48.0 Å². The Morgan fingerprint density at radius 3 is 2.76 bits per heavy atom. The van der Waals surface area contributed by atoms with E-state index in [1.807, 2.05) is 28.0 Å². The molecule has 0 aromatic carbocycles. The Hall–Kier alpha value is -3.20. The van der Waals surface area contributed by atoms with Crippen LogP contribution in [0, 0.1) is 0 Å². The highest BCUT2D eigenvalue weighted by atomic mass is 16.5. The number of carbonyl (C=O) groups excluding carboxylic acids is 1. The Balaban J connectivity index is 1.22. The molecule has 2 atom stereocenters. The third-order valence-electron chi connectivity index (χ3n) is 7.38. The summed E-state index contributed by atoms with van der Waals surface area (Å²) in [6, 6.07) is 2.37. The molecule has 1 aliphatic heterocycles. The van der Waals surface area contributed by atoms with Crippen LogP contribution in [-0.4, -0.2) is 61.5 Å². The van der Waals surface area contributed by atoms with E-state index in [0.717, 1.165) is 43.5 Å². The monoisotopic (exact) mass is 519 g/mol. The number of urea groups is 1. The molecule has 1 fully saturated rings. The summed E-state index contributed by atoms with van der Waals surface area (Å²) >= 11 is 0. The van der Waals surface area contributed by atoms with Crippen LogP contribution in [-0.2, 0) is 4.74 Å². The Morgan fingerprint density at radius 2 is 2.03 bits per heavy atom. The summed E-state index contributed by atoms with van der Waals surface area (Å²) in [5.74, 6) is 0.768. The lowest BCUT2D eigenvalue weighted by Crippen LogP contribution is -2.60. The molecule has 38 heavy (non-hydrogen) atoms. The lowest BCUT2D eigenvalue weighted by Gasteiger charge is -2.42. The highest BCUT2D eigenvalue weighted by Crippen LogP contribution is 2.37. The number of carbonyl (C=O) groups is 1. The van der Waals surface area contributed by atoms with Crippen LogP contribution >= 0.6 is 0 Å². The number of rotatable bonds is 6. The van der Waals surface area contributed by atoms with Crippen LogP contribution in [0.25, 0.3) is 0 Å². The van der Waals surface area contributed by atoms with E-state index in [-0.39, 0.29) is 29.7 Å². The van der Waals surface area contributed by atoms with Crippen molar-refractivity contribution in [2.24, 2.45) is 0 Å². The molecule has 2 amide bonds. The van der Waals surface area contributed by atoms with E-state index >= 15 is 0 Å². The average Bonchev–Trinajstić information content (AvgIpc) is 3.22. The van der Waals surface area contributed by atoms with Gasteiger partial charge in [0.05, 0.1) is 48.4 Å². The topological polar surface area (TPSA) is 97.2 Å². The molecule has 2 unspecified atom stereocenters. The molecular formula is C29H41N7O2. The van der Waals surface area contributed by atoms with Crippen molar-refractivity contribution in [3.8, 4) is 0 Å². The summed E-state index contributed by atoms with van der Waals surface area (Å²) in [5, 5.41) is 11.0. The summed E-state index contributed by atoms with van der Waals surface area (Å²) in [6.45, 7) is 11.7. The zero-order chi connectivity index (χ0) is 26.9. The fourth-order valence-corrected chi connectivity index (χ4v) is 5.47. The number of aromatic nitrogens is 4. The second-order valence-electron chi connectivity index (χ2n) is 12.0. The molecule has 9 heteroatoms. The number of hydrogen-bond acceptors (Lipinski definition) is 6. The minimum absolute atomic E-state index is 0.0142. The first kappa shape index (κ1) is 26.4. The first-order valence-corrected chi connectivity index (χ1v) is 13.9. The fraction of sp³-hybridized carbons (Fsp3) is 0.586. The van der Waals surface area contributed by atoms with Crippen molar-refractivity contribution in [3.05, 3.63) is 53.6 Å². The minimum atomic E-state index is -0.185. The van der Waals surface area contributed by atoms with E-state index in [1.54, 1.807) is 6.20 Å². The van der Waals surface area contributed by atoms with Crippen molar-refractivity contribution in [2.45, 2.75) is 96.4 Å². The van der Waals surface area contributed by atoms with Gasteiger partial charge in [-0.05, 0) is 71.9 Å². The van der Waals surface area contributed by atoms with Crippen molar-refractivity contribution in [1.29, 1.82) is 0 Å². The number of nitrogens with zero attached hydrogens (tertiary/aromatic N) is 5. The van der Waals surface area contributed by atoms with Crippen LogP contribution in [0.5, 0.6) is 0 Å². The molecule has 0 radical (unpaired) electrons. The minimum Gasteiger partial charge on any atom is -0.369 e. The van der Waals surface area contributed by atoms with Crippen molar-refractivity contribution in [3.63, 3.8) is 0 Å². The molecule has 5 rings (SSSR count). The molecule has 2 aliphatic carbocycles. The van der Waals surface area contributed by atoms with Gasteiger partial charge in [-0.2, -0.15) is 5.10 Å². The highest BCUT2D eigenvalue weighted by molar-refractivity contribution is 5.76. The van der Waals surface area contributed by atoms with Crippen molar-refractivity contribution >= 4 is 17.7 Å². The third-order valence-corrected chi connectivity index (χ3v) is 7.38. The largest absolute Gasteiger partial charge is 0.369 e. The second kappa shape index (κ2) is 10.9. The predicted octanol–water partition coefficient (Wildman–Crippen LogP) is 5.49. The highest BCUT2D eigenvalue weighted by Gasteiger charge is 2.35. The fourth-order valence-electron chi connectivity index (χ4n) is 5.47. The molecule has 2 aromatic rings. The zero-order valence-corrected chi connectivity index (χ0v) is 23.3. The van der Waals surface area contributed by atoms with Gasteiger partial charge >= 0.3 is 6.03 Å². The number of allylic oxidation sites excluding steroid dienone is 2. The standard InChI is InChI=1S/C29H41N7O2/c1-19(2)36-16-22(15-31-36)32-27-30-13-12-25(33-27)21-10-11-24-20(14-21)8-6-7-9-26(24)34-28(37)35-17-23(18-35)38-29(3,4)5/h10-13,15-16,19,21,23,26H,6-9,14,17-18H2,1-5H3,(H,34,37)(H,30,32,33). The van der Waals surface area contributed by atoms with Gasteiger partial charge in [0.15, 0.2) is 0 Å². The lowest BCUT2D eigenvalue weighted by atomic mass is 9.84. The predicted molar refractivity (Wildman–Crippen MR) is 148 cm³/mol. The average molecular weight is 520 g/mol. The molecule has 1 saturated heterocycles. The van der Waals surface area contributed by atoms with E-state index < -0.39 is 0 Å². The first-order chi connectivity index (χ1) is 18.1. The normalized spacial score (nSPS) is 22.2. The van der Waals surface area contributed by atoms with Gasteiger partial charge in [-0.1, -0.05) is 24.1 Å². The van der Waals surface area contributed by atoms with E-state index in [0.29, 0.717) is 25.1 Å². The Bertz CT molecular complexity index is 1200. The van der Waals surface area contributed by atoms with Crippen molar-refractivity contribution in [2.75, 3.05) is 18.4 Å². The zero-order valence-electron chi connectivity index (χ0n) is 23.3. The van der Waals surface area contributed by atoms with Crippen LogP contribution in [0.3, 0.4) is 0 Å². The van der Waals surface area contributed by atoms with E-state index in [2.05, 4.69) is 67.5 Å². The van der Waals surface area contributed by atoms with Gasteiger partial charge in [0.1, 0.15) is 0 Å². The number of hydrogen-bond donors (Lipinski definition) is 2. The number of amides is 2. The van der Waals surface area contributed by atoms with E-state index in [4.69, 9.17) is 9.72 Å². The number of likely N-dealkylation sites (tertiary alicyclic amines) is 1. The molecule has 0 spiro atoms. The van der Waals surface area contributed by atoms with Gasteiger partial charge in [0.25, 0.3) is 0 Å². The Kier molecular flexibility index (Phi) is 7.56. The maximum absolute atomic E-state index is 13.0. The first-order valence-electron chi connectivity index (χ1n) is 13.9. The molecule has 3 aliphatic rings. The van der Waals surface area contributed by atoms with Crippen LogP contribution < -0.4 is 10.6 Å². The van der Waals surface area contributed by atoms with Crippen molar-refractivity contribution in [1.82, 2.24) is 30.0 Å². The summed E-state index contributed by atoms with van der Waals surface area (Å²) < 4.78 is 7.90. The van der Waals surface area contributed by atoms with Gasteiger partial charge in [0.2, 0.25) is 5.95 Å². The smallest absolute Gasteiger partial charge is 0.318 e. The third kappa shape index (κ3) is 6.26. The Labute approximate surface area is 225 Å². The summed E-state index contributed by atoms with van der Waals surface area (Å²) in [7, 11) is 0. The van der Waals surface area contributed by atoms with Crippen LogP contribution in [0.2, 0.25) is 0 Å². The molecule has 0 bridgehead atoms. The van der Waals surface area contributed by atoms with Gasteiger partial charge < -0.3 is 20.3 Å². The quantitative estimate of drug-likeness (QED) is 0.524. The van der Waals surface area contributed by atoms with Crippen LogP contribution in [0.4, 0.5) is 16.4 Å². The van der Waals surface area contributed by atoms with Crippen molar-refractivity contribution < 1.29 is 9.53 Å². The summed E-state index contributed by atoms with van der Waals surface area (Å²) in [6.07, 6.45) is 15.4. The van der Waals surface area contributed by atoms with Gasteiger partial charge in [0, 0.05) is 24.4 Å². The Morgan fingerprint density at radius 1 is 1.21 bits per heavy atom. The molecule has 204 valence electrons. The maximum atomic E-state index is 13.0. The van der Waals surface area contributed by atoms with Gasteiger partial charge in [-0.15, -0.1) is 0 Å². The second-order valence-corrected chi connectivity index (χ2v) is 12.0. The summed E-state index contributed by atoms with van der Waals surface area (Å²) in [5.41, 5.74) is 4.40. The molecular weight excluding hydrogens is 478 g/mol. The molecule has 2 aromatic heterocycles. The number of ether oxygens (including phenoxy) is 1.